The van der Waals surface area contributed by atoms with Crippen LogP contribution in [0.15, 0.2) is 35.5 Å². The first-order chi connectivity index (χ1) is 15.6. The molecule has 0 nitrogen and oxygen atoms in total. The van der Waals surface area contributed by atoms with Crippen LogP contribution in [0.3, 0.4) is 0 Å². The molecule has 3 rings (SSSR count). The molecule has 3 fully saturated rings. The largest absolute Gasteiger partial charge is 0.162 e. The highest BCUT2D eigenvalue weighted by atomic mass is 32.2. The standard InChI is InChI=1S/C26H42S2.2C2H6/c1-20-10-5-7-12-22(20)15-16-23-13-9-19-26(28-4)24(17-18-25(23)26)14-8-6-11-21(2)27-3;2*1-2/h15-16,21,24-25H,1,5-14,17-19H2,2-4H3;2*1-2H3/b22-15-,23-16+;;/t21?,24-,25?,26-;;/m0../s1. The molecule has 2 unspecified atom stereocenters. The Balaban J connectivity index is 0.00000121. The molecular weight excluding hydrogens is 424 g/mol. The van der Waals surface area contributed by atoms with Gasteiger partial charge in [-0.25, -0.2) is 0 Å². The van der Waals surface area contributed by atoms with Crippen LogP contribution < -0.4 is 0 Å². The summed E-state index contributed by atoms with van der Waals surface area (Å²) in [5.41, 5.74) is 4.71. The smallest absolute Gasteiger partial charge is 0.0250 e. The summed E-state index contributed by atoms with van der Waals surface area (Å²) in [7, 11) is 0. The van der Waals surface area contributed by atoms with Crippen molar-refractivity contribution in [2.45, 2.75) is 128 Å². The summed E-state index contributed by atoms with van der Waals surface area (Å²) in [6.45, 7) is 14.7. The minimum Gasteiger partial charge on any atom is -0.162 e. The molecule has 0 aliphatic heterocycles. The molecule has 0 bridgehead atoms. The highest BCUT2D eigenvalue weighted by molar-refractivity contribution is 8.00. The van der Waals surface area contributed by atoms with E-state index in [0.717, 1.165) is 17.1 Å². The lowest BCUT2D eigenvalue weighted by Crippen LogP contribution is -2.39. The van der Waals surface area contributed by atoms with Gasteiger partial charge < -0.3 is 0 Å². The number of fused-ring (bicyclic) bond motifs is 1. The Labute approximate surface area is 210 Å². The highest BCUT2D eigenvalue weighted by Gasteiger charge is 2.51. The molecule has 3 aliphatic rings. The molecule has 186 valence electrons. The molecule has 0 heterocycles. The van der Waals surface area contributed by atoms with Crippen LogP contribution >= 0.6 is 23.5 Å². The van der Waals surface area contributed by atoms with Crippen molar-refractivity contribution in [1.82, 2.24) is 0 Å². The van der Waals surface area contributed by atoms with E-state index in [2.05, 4.69) is 49.9 Å². The lowest BCUT2D eigenvalue weighted by atomic mass is 9.72. The Morgan fingerprint density at radius 3 is 2.34 bits per heavy atom. The lowest BCUT2D eigenvalue weighted by Gasteiger charge is -2.44. The lowest BCUT2D eigenvalue weighted by molar-refractivity contribution is 0.303. The van der Waals surface area contributed by atoms with Gasteiger partial charge >= 0.3 is 0 Å². The van der Waals surface area contributed by atoms with Crippen LogP contribution in [-0.2, 0) is 0 Å². The van der Waals surface area contributed by atoms with Gasteiger partial charge in [0.15, 0.2) is 0 Å². The van der Waals surface area contributed by atoms with Crippen molar-refractivity contribution < 1.29 is 0 Å². The van der Waals surface area contributed by atoms with Crippen molar-refractivity contribution in [1.29, 1.82) is 0 Å². The first kappa shape index (κ1) is 30.0. The van der Waals surface area contributed by atoms with Gasteiger partial charge in [0, 0.05) is 10.00 Å². The molecule has 4 atom stereocenters. The van der Waals surface area contributed by atoms with E-state index in [4.69, 9.17) is 0 Å². The Bertz CT molecular complexity index is 588. The molecular formula is C30H54S2. The van der Waals surface area contributed by atoms with Crippen molar-refractivity contribution >= 4 is 23.5 Å². The molecule has 2 heteroatoms. The molecule has 32 heavy (non-hydrogen) atoms. The maximum atomic E-state index is 4.32. The van der Waals surface area contributed by atoms with Gasteiger partial charge in [-0.15, -0.1) is 0 Å². The summed E-state index contributed by atoms with van der Waals surface area (Å²) >= 11 is 4.25. The normalized spacial score (nSPS) is 30.8. The summed E-state index contributed by atoms with van der Waals surface area (Å²) in [6.07, 6.45) is 27.6. The van der Waals surface area contributed by atoms with Crippen molar-refractivity contribution in [2.75, 3.05) is 12.5 Å². The zero-order chi connectivity index (χ0) is 24.0. The van der Waals surface area contributed by atoms with Crippen molar-refractivity contribution in [3.05, 3.63) is 35.5 Å². The molecule has 0 aromatic rings. The van der Waals surface area contributed by atoms with Crippen LogP contribution in [-0.4, -0.2) is 22.5 Å². The van der Waals surface area contributed by atoms with E-state index < -0.39 is 0 Å². The first-order valence-electron chi connectivity index (χ1n) is 13.8. The monoisotopic (exact) mass is 478 g/mol. The zero-order valence-electron chi connectivity index (χ0n) is 22.6. The fourth-order valence-corrected chi connectivity index (χ4v) is 7.97. The van der Waals surface area contributed by atoms with Gasteiger partial charge in [-0.05, 0) is 101 Å². The van der Waals surface area contributed by atoms with Gasteiger partial charge in [0.05, 0.1) is 0 Å². The number of unbranched alkanes of at least 4 members (excludes halogenated alkanes) is 1. The molecule has 0 saturated heterocycles. The number of hydrogen-bond donors (Lipinski definition) is 0. The third-order valence-corrected chi connectivity index (χ3v) is 10.5. The second kappa shape index (κ2) is 16.5. The molecule has 0 aromatic carbocycles. The minimum absolute atomic E-state index is 0.539. The minimum atomic E-state index is 0.539. The molecule has 0 amide bonds. The number of thioether (sulfide) groups is 2. The molecule has 0 spiro atoms. The highest BCUT2D eigenvalue weighted by Crippen LogP contribution is 2.59. The maximum Gasteiger partial charge on any atom is 0.0250 e. The third-order valence-electron chi connectivity index (χ3n) is 7.89. The van der Waals surface area contributed by atoms with E-state index in [1.807, 2.05) is 39.5 Å². The van der Waals surface area contributed by atoms with Gasteiger partial charge in [-0.1, -0.05) is 77.3 Å². The fraction of sp³-hybridized carbons (Fsp3) is 0.800. The second-order valence-electron chi connectivity index (χ2n) is 9.41. The van der Waals surface area contributed by atoms with Gasteiger partial charge in [-0.2, -0.15) is 23.5 Å². The summed E-state index contributed by atoms with van der Waals surface area (Å²) in [5, 5.41) is 0.831. The zero-order valence-corrected chi connectivity index (χ0v) is 24.2. The average Bonchev–Trinajstić information content (AvgIpc) is 3.23. The van der Waals surface area contributed by atoms with Crippen LogP contribution in [0.25, 0.3) is 0 Å². The third kappa shape index (κ3) is 8.00. The van der Waals surface area contributed by atoms with Crippen molar-refractivity contribution in [3.63, 3.8) is 0 Å². The molecule has 0 radical (unpaired) electrons. The average molecular weight is 479 g/mol. The Morgan fingerprint density at radius 2 is 1.69 bits per heavy atom. The van der Waals surface area contributed by atoms with E-state index >= 15 is 0 Å². The number of hydrogen-bond acceptors (Lipinski definition) is 2. The van der Waals surface area contributed by atoms with Crippen LogP contribution in [0, 0.1) is 11.8 Å². The van der Waals surface area contributed by atoms with E-state index in [1.165, 1.54) is 94.6 Å². The fourth-order valence-electron chi connectivity index (χ4n) is 6.10. The quantitative estimate of drug-likeness (QED) is 0.318. The van der Waals surface area contributed by atoms with Gasteiger partial charge in [-0.3, -0.25) is 0 Å². The van der Waals surface area contributed by atoms with E-state index in [-0.39, 0.29) is 0 Å². The summed E-state index contributed by atoms with van der Waals surface area (Å²) in [5.74, 6) is 1.78. The molecule has 0 aromatic heterocycles. The van der Waals surface area contributed by atoms with Gasteiger partial charge in [0.1, 0.15) is 0 Å². The molecule has 0 N–H and O–H groups in total. The van der Waals surface area contributed by atoms with Crippen molar-refractivity contribution in [3.8, 4) is 0 Å². The summed E-state index contributed by atoms with van der Waals surface area (Å²) < 4.78 is 0.539. The second-order valence-corrected chi connectivity index (χ2v) is 11.9. The van der Waals surface area contributed by atoms with Gasteiger partial charge in [0.2, 0.25) is 0 Å². The van der Waals surface area contributed by atoms with Crippen LogP contribution in [0.4, 0.5) is 0 Å². The van der Waals surface area contributed by atoms with Crippen molar-refractivity contribution in [2.24, 2.45) is 11.8 Å². The van der Waals surface area contributed by atoms with E-state index in [9.17, 15) is 0 Å². The molecule has 3 aliphatic carbocycles. The summed E-state index contributed by atoms with van der Waals surface area (Å²) in [6, 6.07) is 0. The maximum absolute atomic E-state index is 4.32. The topological polar surface area (TPSA) is 0 Å². The summed E-state index contributed by atoms with van der Waals surface area (Å²) in [4.78, 5) is 0. The van der Waals surface area contributed by atoms with Crippen LogP contribution in [0.5, 0.6) is 0 Å². The van der Waals surface area contributed by atoms with Crippen LogP contribution in [0.1, 0.15) is 118 Å². The Morgan fingerprint density at radius 1 is 0.969 bits per heavy atom. The first-order valence-corrected chi connectivity index (χ1v) is 16.3. The Hall–Kier alpha value is -0.0800. The predicted octanol–water partition coefficient (Wildman–Crippen LogP) is 10.6. The number of rotatable bonds is 8. The van der Waals surface area contributed by atoms with E-state index in [1.54, 1.807) is 5.57 Å². The Kier molecular flexibility index (Phi) is 15.5. The molecule has 3 saturated carbocycles. The SMILES string of the molecule is C=C1CCCC/C1=C/C=C1\CCC[C@@]2(SC)C1CC[C@@H]2CCCCC(C)SC.CC.CC. The predicted molar refractivity (Wildman–Crippen MR) is 154 cm³/mol. The van der Waals surface area contributed by atoms with Crippen LogP contribution in [0.2, 0.25) is 0 Å². The van der Waals surface area contributed by atoms with E-state index in [0.29, 0.717) is 4.75 Å². The van der Waals surface area contributed by atoms with Gasteiger partial charge in [0.25, 0.3) is 0 Å². The number of allylic oxidation sites excluding steroid dienone is 5.